The number of carbonyl (C=O) groups is 1. The van der Waals surface area contributed by atoms with Gasteiger partial charge in [0.2, 0.25) is 0 Å². The van der Waals surface area contributed by atoms with Gasteiger partial charge in [-0.15, -0.1) is 0 Å². The molecule has 0 saturated carbocycles. The zero-order chi connectivity index (χ0) is 14.8. The van der Waals surface area contributed by atoms with E-state index in [9.17, 15) is 4.79 Å². The molecule has 0 amide bonds. The molecule has 1 atom stereocenters. The molecule has 21 heavy (non-hydrogen) atoms. The monoisotopic (exact) mass is 282 g/mol. The largest absolute Gasteiger partial charge is 0.491 e. The maximum absolute atomic E-state index is 12.6. The van der Waals surface area contributed by atoms with Crippen molar-refractivity contribution in [3.8, 4) is 5.75 Å². The Morgan fingerprint density at radius 2 is 2.05 bits per heavy atom. The number of hydrogen-bond donors (Lipinski definition) is 0. The second-order valence-corrected chi connectivity index (χ2v) is 5.44. The van der Waals surface area contributed by atoms with Crippen LogP contribution in [0.5, 0.6) is 5.75 Å². The van der Waals surface area contributed by atoms with E-state index >= 15 is 0 Å². The third-order valence-corrected chi connectivity index (χ3v) is 3.57. The van der Waals surface area contributed by atoms with E-state index in [1.165, 1.54) is 0 Å². The lowest BCUT2D eigenvalue weighted by atomic mass is 9.97. The Kier molecular flexibility index (Phi) is 3.76. The lowest BCUT2D eigenvalue weighted by Gasteiger charge is -2.09. The van der Waals surface area contributed by atoms with Gasteiger partial charge in [0.1, 0.15) is 18.5 Å². The Bertz CT molecular complexity index is 672. The van der Waals surface area contributed by atoms with Crippen molar-refractivity contribution in [1.29, 1.82) is 0 Å². The molecule has 0 aliphatic carbocycles. The fourth-order valence-electron chi connectivity index (χ4n) is 2.22. The average Bonchev–Trinajstić information content (AvgIpc) is 3.31. The van der Waals surface area contributed by atoms with Gasteiger partial charge in [-0.05, 0) is 37.6 Å². The van der Waals surface area contributed by atoms with Crippen molar-refractivity contribution in [1.82, 2.24) is 0 Å². The van der Waals surface area contributed by atoms with E-state index in [0.29, 0.717) is 17.9 Å². The molecule has 3 nitrogen and oxygen atoms in total. The van der Waals surface area contributed by atoms with Gasteiger partial charge in [-0.1, -0.05) is 29.8 Å². The smallest absolute Gasteiger partial charge is 0.193 e. The van der Waals surface area contributed by atoms with Crippen LogP contribution >= 0.6 is 0 Å². The standard InChI is InChI=1S/C18H18O3/c1-12-6-7-13(2)17(8-12)18(19)14-4-3-5-15(9-14)20-10-16-11-21-16/h3-9,16H,10-11H2,1-2H3. The van der Waals surface area contributed by atoms with E-state index in [2.05, 4.69) is 0 Å². The lowest BCUT2D eigenvalue weighted by Crippen LogP contribution is -2.07. The van der Waals surface area contributed by atoms with Crippen molar-refractivity contribution in [3.63, 3.8) is 0 Å². The highest BCUT2D eigenvalue weighted by Gasteiger charge is 2.23. The summed E-state index contributed by atoms with van der Waals surface area (Å²) in [7, 11) is 0. The minimum atomic E-state index is 0.0318. The second-order valence-electron chi connectivity index (χ2n) is 5.44. The Morgan fingerprint density at radius 3 is 2.81 bits per heavy atom. The van der Waals surface area contributed by atoms with Crippen molar-refractivity contribution in [3.05, 3.63) is 64.7 Å². The average molecular weight is 282 g/mol. The number of ether oxygens (including phenoxy) is 2. The van der Waals surface area contributed by atoms with Gasteiger partial charge in [0, 0.05) is 11.1 Å². The van der Waals surface area contributed by atoms with Gasteiger partial charge in [-0.2, -0.15) is 0 Å². The third kappa shape index (κ3) is 3.31. The number of benzene rings is 2. The van der Waals surface area contributed by atoms with Crippen LogP contribution in [0.2, 0.25) is 0 Å². The van der Waals surface area contributed by atoms with Crippen molar-refractivity contribution >= 4 is 5.78 Å². The van der Waals surface area contributed by atoms with Gasteiger partial charge in [0.15, 0.2) is 5.78 Å². The van der Waals surface area contributed by atoms with Gasteiger partial charge in [-0.25, -0.2) is 0 Å². The normalized spacial score (nSPS) is 16.6. The van der Waals surface area contributed by atoms with Crippen molar-refractivity contribution in [2.45, 2.75) is 20.0 Å². The molecule has 1 saturated heterocycles. The molecule has 3 rings (SSSR count). The van der Waals surface area contributed by atoms with Gasteiger partial charge >= 0.3 is 0 Å². The van der Waals surface area contributed by atoms with Crippen LogP contribution in [0.3, 0.4) is 0 Å². The first-order valence-electron chi connectivity index (χ1n) is 7.10. The summed E-state index contributed by atoms with van der Waals surface area (Å²) in [5.74, 6) is 0.742. The Hall–Kier alpha value is -2.13. The van der Waals surface area contributed by atoms with E-state index in [0.717, 1.165) is 23.3 Å². The first-order valence-corrected chi connectivity index (χ1v) is 7.10. The molecule has 3 heteroatoms. The number of ketones is 1. The maximum Gasteiger partial charge on any atom is 0.193 e. The van der Waals surface area contributed by atoms with Crippen molar-refractivity contribution in [2.75, 3.05) is 13.2 Å². The summed E-state index contributed by atoms with van der Waals surface area (Å²) in [6.45, 7) is 5.26. The molecule has 1 aliphatic heterocycles. The second kappa shape index (κ2) is 5.70. The van der Waals surface area contributed by atoms with Crippen LogP contribution in [0.4, 0.5) is 0 Å². The van der Waals surface area contributed by atoms with Gasteiger partial charge in [0.05, 0.1) is 6.61 Å². The van der Waals surface area contributed by atoms with Crippen LogP contribution in [-0.2, 0) is 4.74 Å². The number of aryl methyl sites for hydroxylation is 2. The topological polar surface area (TPSA) is 38.8 Å². The molecule has 0 N–H and O–H groups in total. The molecule has 0 spiro atoms. The van der Waals surface area contributed by atoms with E-state index in [1.807, 2.05) is 50.2 Å². The molecule has 2 aromatic carbocycles. The summed E-state index contributed by atoms with van der Waals surface area (Å²) in [4.78, 5) is 12.6. The van der Waals surface area contributed by atoms with Gasteiger partial charge in [0.25, 0.3) is 0 Å². The Labute approximate surface area is 124 Å². The summed E-state index contributed by atoms with van der Waals surface area (Å²) in [5, 5.41) is 0. The Balaban J connectivity index is 1.83. The molecule has 1 unspecified atom stereocenters. The molecular formula is C18H18O3. The SMILES string of the molecule is Cc1ccc(C)c(C(=O)c2cccc(OCC3CO3)c2)c1. The molecule has 0 radical (unpaired) electrons. The van der Waals surface area contributed by atoms with Crippen LogP contribution in [-0.4, -0.2) is 25.1 Å². The predicted molar refractivity (Wildman–Crippen MR) is 81.0 cm³/mol. The van der Waals surface area contributed by atoms with Crippen molar-refractivity contribution < 1.29 is 14.3 Å². The minimum Gasteiger partial charge on any atom is -0.491 e. The number of carbonyl (C=O) groups excluding carboxylic acids is 1. The number of hydrogen-bond acceptors (Lipinski definition) is 3. The predicted octanol–water partition coefficient (Wildman–Crippen LogP) is 3.31. The molecule has 108 valence electrons. The summed E-state index contributed by atoms with van der Waals surface area (Å²) in [6, 6.07) is 13.3. The highest BCUT2D eigenvalue weighted by molar-refractivity contribution is 6.10. The summed E-state index contributed by atoms with van der Waals surface area (Å²) in [6.07, 6.45) is 0.211. The highest BCUT2D eigenvalue weighted by atomic mass is 16.6. The van der Waals surface area contributed by atoms with E-state index < -0.39 is 0 Å². The summed E-state index contributed by atoms with van der Waals surface area (Å²) >= 11 is 0. The van der Waals surface area contributed by atoms with Crippen LogP contribution in [0.25, 0.3) is 0 Å². The zero-order valence-corrected chi connectivity index (χ0v) is 12.3. The van der Waals surface area contributed by atoms with Gasteiger partial charge < -0.3 is 9.47 Å². The maximum atomic E-state index is 12.6. The van der Waals surface area contributed by atoms with Crippen LogP contribution in [0.1, 0.15) is 27.0 Å². The first-order chi connectivity index (χ1) is 10.1. The molecule has 0 bridgehead atoms. The number of epoxide rings is 1. The summed E-state index contributed by atoms with van der Waals surface area (Å²) < 4.78 is 10.7. The van der Waals surface area contributed by atoms with Crippen molar-refractivity contribution in [2.24, 2.45) is 0 Å². The molecule has 1 heterocycles. The summed E-state index contributed by atoms with van der Waals surface area (Å²) in [5.41, 5.74) is 3.47. The fourth-order valence-corrected chi connectivity index (χ4v) is 2.22. The van der Waals surface area contributed by atoms with Crippen LogP contribution < -0.4 is 4.74 Å². The third-order valence-electron chi connectivity index (χ3n) is 3.57. The van der Waals surface area contributed by atoms with Crippen LogP contribution in [0, 0.1) is 13.8 Å². The zero-order valence-electron chi connectivity index (χ0n) is 12.3. The molecule has 0 aromatic heterocycles. The fraction of sp³-hybridized carbons (Fsp3) is 0.278. The number of rotatable bonds is 5. The first kappa shape index (κ1) is 13.8. The van der Waals surface area contributed by atoms with Gasteiger partial charge in [-0.3, -0.25) is 4.79 Å². The molecular weight excluding hydrogens is 264 g/mol. The lowest BCUT2D eigenvalue weighted by molar-refractivity contribution is 0.103. The molecule has 1 fully saturated rings. The van der Waals surface area contributed by atoms with E-state index in [-0.39, 0.29) is 11.9 Å². The molecule has 2 aromatic rings. The van der Waals surface area contributed by atoms with E-state index in [4.69, 9.17) is 9.47 Å². The quantitative estimate of drug-likeness (QED) is 0.624. The Morgan fingerprint density at radius 1 is 1.24 bits per heavy atom. The molecule has 1 aliphatic rings. The van der Waals surface area contributed by atoms with E-state index in [1.54, 1.807) is 6.07 Å². The minimum absolute atomic E-state index is 0.0318. The van der Waals surface area contributed by atoms with Crippen LogP contribution in [0.15, 0.2) is 42.5 Å². The highest BCUT2D eigenvalue weighted by Crippen LogP contribution is 2.20.